The summed E-state index contributed by atoms with van der Waals surface area (Å²) >= 11 is 5.46. The molecule has 1 aliphatic heterocycles. The average Bonchev–Trinajstić information content (AvgIpc) is 2.63. The van der Waals surface area contributed by atoms with Crippen molar-refractivity contribution in [3.8, 4) is 0 Å². The fraction of sp³-hybridized carbons (Fsp3) is 0.316. The number of halogens is 2. The van der Waals surface area contributed by atoms with Gasteiger partial charge >= 0.3 is 0 Å². The Morgan fingerprint density at radius 1 is 1.04 bits per heavy atom. The van der Waals surface area contributed by atoms with E-state index < -0.39 is 0 Å². The molecule has 0 atom stereocenters. The standard InChI is InChI=1S/C19H21F2N3S/c20-17-7-5-15(6-8-17)13-22-19(25)24-11-9-23(10-12-24)14-16-3-1-2-4-18(16)21/h1-8H,9-14H2,(H,22,25)/p+1. The second kappa shape index (κ2) is 8.36. The number of nitrogens with zero attached hydrogens (tertiary/aromatic N) is 1. The van der Waals surface area contributed by atoms with Crippen molar-refractivity contribution in [2.45, 2.75) is 13.1 Å². The number of benzene rings is 2. The van der Waals surface area contributed by atoms with E-state index in [-0.39, 0.29) is 11.6 Å². The smallest absolute Gasteiger partial charge is 0.169 e. The highest BCUT2D eigenvalue weighted by Crippen LogP contribution is 2.05. The molecule has 2 N–H and O–H groups in total. The minimum Gasteiger partial charge on any atom is -0.358 e. The monoisotopic (exact) mass is 362 g/mol. The zero-order chi connectivity index (χ0) is 17.6. The molecule has 0 bridgehead atoms. The van der Waals surface area contributed by atoms with Crippen LogP contribution in [0.5, 0.6) is 0 Å². The molecule has 0 unspecified atom stereocenters. The van der Waals surface area contributed by atoms with E-state index in [1.807, 2.05) is 12.1 Å². The van der Waals surface area contributed by atoms with E-state index in [0.717, 1.165) is 37.3 Å². The predicted molar refractivity (Wildman–Crippen MR) is 98.2 cm³/mol. The zero-order valence-corrected chi connectivity index (χ0v) is 14.8. The van der Waals surface area contributed by atoms with E-state index in [2.05, 4.69) is 10.2 Å². The fourth-order valence-corrected chi connectivity index (χ4v) is 3.26. The number of rotatable bonds is 4. The maximum atomic E-state index is 13.8. The fourth-order valence-electron chi connectivity index (χ4n) is 3.01. The first-order chi connectivity index (χ1) is 12.1. The van der Waals surface area contributed by atoms with E-state index in [4.69, 9.17) is 12.2 Å². The first-order valence-electron chi connectivity index (χ1n) is 8.46. The van der Waals surface area contributed by atoms with Gasteiger partial charge < -0.3 is 15.1 Å². The zero-order valence-electron chi connectivity index (χ0n) is 14.0. The van der Waals surface area contributed by atoms with Gasteiger partial charge in [-0.3, -0.25) is 0 Å². The lowest BCUT2D eigenvalue weighted by Crippen LogP contribution is -3.13. The van der Waals surface area contributed by atoms with Crippen LogP contribution in [-0.4, -0.2) is 36.2 Å². The second-order valence-corrected chi connectivity index (χ2v) is 6.68. The van der Waals surface area contributed by atoms with Gasteiger partial charge in [0.2, 0.25) is 0 Å². The van der Waals surface area contributed by atoms with Gasteiger partial charge in [-0.25, -0.2) is 8.78 Å². The van der Waals surface area contributed by atoms with Crippen molar-refractivity contribution in [1.29, 1.82) is 0 Å². The summed E-state index contributed by atoms with van der Waals surface area (Å²) in [7, 11) is 0. The van der Waals surface area contributed by atoms with Gasteiger partial charge in [0.25, 0.3) is 0 Å². The summed E-state index contributed by atoms with van der Waals surface area (Å²) in [6.45, 7) is 4.83. The third-order valence-corrected chi connectivity index (χ3v) is 4.92. The minimum atomic E-state index is -0.236. The number of piperazine rings is 1. The molecule has 0 radical (unpaired) electrons. The summed E-state index contributed by atoms with van der Waals surface area (Å²) in [5.41, 5.74) is 1.76. The van der Waals surface area contributed by atoms with Crippen LogP contribution < -0.4 is 10.2 Å². The van der Waals surface area contributed by atoms with Crippen LogP contribution >= 0.6 is 12.2 Å². The molecule has 1 saturated heterocycles. The molecule has 3 nitrogen and oxygen atoms in total. The number of hydrogen-bond donors (Lipinski definition) is 2. The third-order valence-electron chi connectivity index (χ3n) is 4.51. The van der Waals surface area contributed by atoms with Crippen molar-refractivity contribution in [1.82, 2.24) is 10.2 Å². The molecule has 1 heterocycles. The van der Waals surface area contributed by atoms with Gasteiger partial charge in [-0.2, -0.15) is 0 Å². The summed E-state index contributed by atoms with van der Waals surface area (Å²) in [4.78, 5) is 3.51. The Hall–Kier alpha value is -2.05. The van der Waals surface area contributed by atoms with Gasteiger partial charge in [0.15, 0.2) is 5.11 Å². The van der Waals surface area contributed by atoms with Crippen molar-refractivity contribution < 1.29 is 13.7 Å². The highest BCUT2D eigenvalue weighted by molar-refractivity contribution is 7.80. The molecule has 132 valence electrons. The molecule has 2 aromatic carbocycles. The number of quaternary nitrogens is 1. The number of hydrogen-bond acceptors (Lipinski definition) is 1. The lowest BCUT2D eigenvalue weighted by atomic mass is 10.2. The van der Waals surface area contributed by atoms with E-state index in [9.17, 15) is 8.78 Å². The second-order valence-electron chi connectivity index (χ2n) is 6.29. The Morgan fingerprint density at radius 3 is 2.40 bits per heavy atom. The molecule has 0 spiro atoms. The third kappa shape index (κ3) is 4.96. The quantitative estimate of drug-likeness (QED) is 0.809. The lowest BCUT2D eigenvalue weighted by molar-refractivity contribution is -0.917. The first-order valence-corrected chi connectivity index (χ1v) is 8.87. The van der Waals surface area contributed by atoms with Crippen molar-refractivity contribution in [3.05, 3.63) is 71.3 Å². The van der Waals surface area contributed by atoms with Gasteiger partial charge in [0, 0.05) is 12.1 Å². The summed E-state index contributed by atoms with van der Waals surface area (Å²) < 4.78 is 26.7. The van der Waals surface area contributed by atoms with Crippen LogP contribution in [0.3, 0.4) is 0 Å². The van der Waals surface area contributed by atoms with Crippen LogP contribution in [0.25, 0.3) is 0 Å². The topological polar surface area (TPSA) is 19.7 Å². The Labute approximate surface area is 152 Å². The highest BCUT2D eigenvalue weighted by Gasteiger charge is 2.22. The van der Waals surface area contributed by atoms with Crippen LogP contribution in [0.4, 0.5) is 8.78 Å². The molecule has 0 aromatic heterocycles. The molecule has 1 aliphatic rings. The normalized spacial score (nSPS) is 15.2. The molecule has 25 heavy (non-hydrogen) atoms. The Bertz CT molecular complexity index is 713. The molecular formula is C19H22F2N3S+. The van der Waals surface area contributed by atoms with Crippen molar-refractivity contribution in [2.24, 2.45) is 0 Å². The molecule has 6 heteroatoms. The molecule has 2 aromatic rings. The first kappa shape index (κ1) is 17.8. The average molecular weight is 362 g/mol. The van der Waals surface area contributed by atoms with Crippen molar-refractivity contribution in [3.63, 3.8) is 0 Å². The number of nitrogens with one attached hydrogen (secondary N) is 2. The van der Waals surface area contributed by atoms with Gasteiger partial charge in [-0.1, -0.05) is 30.3 Å². The maximum Gasteiger partial charge on any atom is 0.169 e. The highest BCUT2D eigenvalue weighted by atomic mass is 32.1. The SMILES string of the molecule is Fc1ccc(CNC(=S)N2CC[NH+](Cc3ccccc3F)CC2)cc1. The van der Waals surface area contributed by atoms with E-state index >= 15 is 0 Å². The Morgan fingerprint density at radius 2 is 1.72 bits per heavy atom. The van der Waals surface area contributed by atoms with Crippen LogP contribution in [0.2, 0.25) is 0 Å². The van der Waals surface area contributed by atoms with E-state index in [0.29, 0.717) is 18.2 Å². The van der Waals surface area contributed by atoms with Gasteiger partial charge in [0.1, 0.15) is 18.2 Å². The van der Waals surface area contributed by atoms with E-state index in [1.54, 1.807) is 18.2 Å². The number of thiocarbonyl (C=S) groups is 1. The summed E-state index contributed by atoms with van der Waals surface area (Å²) in [6, 6.07) is 13.4. The lowest BCUT2D eigenvalue weighted by Gasteiger charge is -2.34. The molecule has 0 amide bonds. The van der Waals surface area contributed by atoms with Crippen LogP contribution in [-0.2, 0) is 13.1 Å². The van der Waals surface area contributed by atoms with Gasteiger partial charge in [0.05, 0.1) is 26.2 Å². The maximum absolute atomic E-state index is 13.8. The van der Waals surface area contributed by atoms with Crippen molar-refractivity contribution in [2.75, 3.05) is 26.2 Å². The predicted octanol–water partition coefficient (Wildman–Crippen LogP) is 1.74. The summed E-state index contributed by atoms with van der Waals surface area (Å²) in [5.74, 6) is -0.366. The summed E-state index contributed by atoms with van der Waals surface area (Å²) in [5, 5.41) is 3.94. The van der Waals surface area contributed by atoms with E-state index in [1.165, 1.54) is 23.1 Å². The molecule has 1 fully saturated rings. The van der Waals surface area contributed by atoms with Crippen LogP contribution in [0, 0.1) is 11.6 Å². The molecule has 0 aliphatic carbocycles. The largest absolute Gasteiger partial charge is 0.358 e. The van der Waals surface area contributed by atoms with Crippen LogP contribution in [0.15, 0.2) is 48.5 Å². The van der Waals surface area contributed by atoms with Gasteiger partial charge in [-0.15, -0.1) is 0 Å². The molecule has 3 rings (SSSR count). The Balaban J connectivity index is 1.44. The summed E-state index contributed by atoms with van der Waals surface area (Å²) in [6.07, 6.45) is 0. The Kier molecular flexibility index (Phi) is 5.94. The van der Waals surface area contributed by atoms with Crippen LogP contribution in [0.1, 0.15) is 11.1 Å². The van der Waals surface area contributed by atoms with Crippen molar-refractivity contribution >= 4 is 17.3 Å². The minimum absolute atomic E-state index is 0.131. The molecule has 0 saturated carbocycles. The molecular weight excluding hydrogens is 340 g/mol. The van der Waals surface area contributed by atoms with Gasteiger partial charge in [-0.05, 0) is 36.0 Å².